The minimum Gasteiger partial charge on any atom is -0.371 e. The molecule has 0 saturated carbocycles. The summed E-state index contributed by atoms with van der Waals surface area (Å²) < 4.78 is 2.15. The van der Waals surface area contributed by atoms with E-state index in [9.17, 15) is 4.79 Å². The molecule has 2 aliphatic heterocycles. The molecule has 2 unspecified atom stereocenters. The van der Waals surface area contributed by atoms with E-state index in [1.807, 2.05) is 12.1 Å². The van der Waals surface area contributed by atoms with E-state index in [2.05, 4.69) is 76.8 Å². The molecule has 5 rings (SSSR count). The maximum Gasteiger partial charge on any atom is 0.227 e. The van der Waals surface area contributed by atoms with E-state index in [1.165, 1.54) is 5.69 Å². The number of para-hydroxylation sites is 2. The Morgan fingerprint density at radius 1 is 1.03 bits per heavy atom. The van der Waals surface area contributed by atoms with Crippen molar-refractivity contribution in [1.29, 1.82) is 0 Å². The van der Waals surface area contributed by atoms with E-state index in [0.29, 0.717) is 11.9 Å². The first-order chi connectivity index (χ1) is 15.0. The number of aryl methyl sites for hydroxylation is 1. The highest BCUT2D eigenvalue weighted by Gasteiger charge is 2.35. The quantitative estimate of drug-likeness (QED) is 0.654. The van der Waals surface area contributed by atoms with Crippen molar-refractivity contribution in [2.75, 3.05) is 45.2 Å². The highest BCUT2D eigenvalue weighted by atomic mass is 16.2. The minimum absolute atomic E-state index is 0.0975. The second kappa shape index (κ2) is 8.00. The number of fused-ring (bicyclic) bond motifs is 1. The fraction of sp³-hybridized carbons (Fsp3) is 0.440. The summed E-state index contributed by atoms with van der Waals surface area (Å²) in [6, 6.07) is 17.3. The van der Waals surface area contributed by atoms with Gasteiger partial charge in [0, 0.05) is 50.5 Å². The van der Waals surface area contributed by atoms with E-state index in [-0.39, 0.29) is 5.92 Å². The molecule has 2 aliphatic rings. The van der Waals surface area contributed by atoms with Gasteiger partial charge in [-0.2, -0.15) is 0 Å². The summed E-state index contributed by atoms with van der Waals surface area (Å²) in [5, 5.41) is 0. The van der Waals surface area contributed by atoms with Crippen LogP contribution in [0.3, 0.4) is 0 Å². The largest absolute Gasteiger partial charge is 0.371 e. The summed E-state index contributed by atoms with van der Waals surface area (Å²) in [5.74, 6) is 1.40. The van der Waals surface area contributed by atoms with E-state index < -0.39 is 0 Å². The van der Waals surface area contributed by atoms with Crippen LogP contribution in [0.4, 0.5) is 5.69 Å². The van der Waals surface area contributed by atoms with Gasteiger partial charge in [0.05, 0.1) is 17.0 Å². The van der Waals surface area contributed by atoms with Crippen molar-refractivity contribution in [2.24, 2.45) is 13.0 Å². The molecule has 0 spiro atoms. The number of carbonyl (C=O) groups is 1. The molecule has 6 nitrogen and oxygen atoms in total. The number of hydrogen-bond acceptors (Lipinski definition) is 4. The number of imidazole rings is 1. The third-order valence-electron chi connectivity index (χ3n) is 7.00. The smallest absolute Gasteiger partial charge is 0.227 e. The number of amides is 1. The number of aromatic nitrogens is 2. The maximum atomic E-state index is 13.1. The molecule has 31 heavy (non-hydrogen) atoms. The summed E-state index contributed by atoms with van der Waals surface area (Å²) in [7, 11) is 6.28. The van der Waals surface area contributed by atoms with Crippen LogP contribution < -0.4 is 4.90 Å². The van der Waals surface area contributed by atoms with Gasteiger partial charge in [-0.1, -0.05) is 24.3 Å². The van der Waals surface area contributed by atoms with Gasteiger partial charge in [0.1, 0.15) is 5.82 Å². The average Bonchev–Trinajstić information content (AvgIpc) is 3.53. The van der Waals surface area contributed by atoms with Gasteiger partial charge in [0.2, 0.25) is 5.91 Å². The lowest BCUT2D eigenvalue weighted by atomic mass is 10.1. The van der Waals surface area contributed by atoms with Gasteiger partial charge in [-0.3, -0.25) is 4.79 Å². The number of hydrogen-bond donors (Lipinski definition) is 0. The predicted molar refractivity (Wildman–Crippen MR) is 125 cm³/mol. The molecule has 0 N–H and O–H groups in total. The van der Waals surface area contributed by atoms with Gasteiger partial charge < -0.3 is 19.3 Å². The molecular weight excluding hydrogens is 386 g/mol. The van der Waals surface area contributed by atoms with Gasteiger partial charge in [0.15, 0.2) is 0 Å². The Bertz CT molecular complexity index is 1100. The van der Waals surface area contributed by atoms with Crippen LogP contribution in [0.25, 0.3) is 22.4 Å². The lowest BCUT2D eigenvalue weighted by molar-refractivity contribution is -0.133. The second-order valence-corrected chi connectivity index (χ2v) is 9.16. The first-order valence-corrected chi connectivity index (χ1v) is 11.2. The zero-order valence-electron chi connectivity index (χ0n) is 18.7. The summed E-state index contributed by atoms with van der Waals surface area (Å²) in [4.78, 5) is 24.6. The first kappa shape index (κ1) is 20.1. The van der Waals surface area contributed by atoms with Crippen LogP contribution in [0.1, 0.15) is 12.8 Å². The number of nitrogens with zero attached hydrogens (tertiary/aromatic N) is 5. The van der Waals surface area contributed by atoms with Crippen molar-refractivity contribution in [3.8, 4) is 11.4 Å². The van der Waals surface area contributed by atoms with Crippen LogP contribution in [0.15, 0.2) is 48.5 Å². The molecule has 3 heterocycles. The molecule has 2 fully saturated rings. The Morgan fingerprint density at radius 2 is 1.87 bits per heavy atom. The third kappa shape index (κ3) is 3.69. The molecule has 1 aromatic heterocycles. The molecule has 6 heteroatoms. The molecule has 162 valence electrons. The Balaban J connectivity index is 1.32. The Morgan fingerprint density at radius 3 is 2.65 bits per heavy atom. The number of likely N-dealkylation sites (tertiary alicyclic amines) is 1. The standard InChI is InChI=1S/C25H31N5O/c1-27(2)21-12-14-30(17-21)25(31)19-11-13-29(16-19)20-8-6-7-18(15-20)24-26-22-9-4-5-10-23(22)28(24)3/h4-10,15,19,21H,11-14,16-17H2,1-3H3. The summed E-state index contributed by atoms with van der Waals surface area (Å²) in [5.41, 5.74) is 4.43. The van der Waals surface area contributed by atoms with Gasteiger partial charge in [-0.15, -0.1) is 0 Å². The highest BCUT2D eigenvalue weighted by Crippen LogP contribution is 2.31. The number of rotatable bonds is 4. The van der Waals surface area contributed by atoms with E-state index in [1.54, 1.807) is 0 Å². The van der Waals surface area contributed by atoms with Gasteiger partial charge in [0.25, 0.3) is 0 Å². The van der Waals surface area contributed by atoms with Crippen molar-refractivity contribution in [2.45, 2.75) is 18.9 Å². The Hall–Kier alpha value is -2.86. The number of anilines is 1. The highest BCUT2D eigenvalue weighted by molar-refractivity contribution is 5.82. The van der Waals surface area contributed by atoms with Gasteiger partial charge in [-0.25, -0.2) is 4.98 Å². The predicted octanol–water partition coefficient (Wildman–Crippen LogP) is 3.23. The van der Waals surface area contributed by atoms with E-state index in [0.717, 1.165) is 61.4 Å². The molecule has 0 radical (unpaired) electrons. The first-order valence-electron chi connectivity index (χ1n) is 11.2. The lowest BCUT2D eigenvalue weighted by Gasteiger charge is -2.23. The molecule has 2 saturated heterocycles. The van der Waals surface area contributed by atoms with Crippen LogP contribution in [0, 0.1) is 5.92 Å². The molecule has 1 amide bonds. The monoisotopic (exact) mass is 417 g/mol. The normalized spacial score (nSPS) is 21.5. The van der Waals surface area contributed by atoms with E-state index >= 15 is 0 Å². The summed E-state index contributed by atoms with van der Waals surface area (Å²) in [6.07, 6.45) is 2.01. The zero-order chi connectivity index (χ0) is 21.5. The fourth-order valence-corrected chi connectivity index (χ4v) is 5.06. The van der Waals surface area contributed by atoms with Gasteiger partial charge >= 0.3 is 0 Å². The number of carbonyl (C=O) groups excluding carboxylic acids is 1. The molecule has 2 atom stereocenters. The molecular formula is C25H31N5O. The third-order valence-corrected chi connectivity index (χ3v) is 7.00. The Kier molecular flexibility index (Phi) is 5.18. The molecule has 0 aliphatic carbocycles. The van der Waals surface area contributed by atoms with Crippen molar-refractivity contribution in [3.63, 3.8) is 0 Å². The Labute approximate surface area is 184 Å². The van der Waals surface area contributed by atoms with Crippen LogP contribution >= 0.6 is 0 Å². The van der Waals surface area contributed by atoms with Crippen LogP contribution in [-0.2, 0) is 11.8 Å². The van der Waals surface area contributed by atoms with Crippen LogP contribution in [-0.4, -0.2) is 71.6 Å². The van der Waals surface area contributed by atoms with Crippen LogP contribution in [0.5, 0.6) is 0 Å². The maximum absolute atomic E-state index is 13.1. The summed E-state index contributed by atoms with van der Waals surface area (Å²) >= 11 is 0. The minimum atomic E-state index is 0.0975. The van der Waals surface area contributed by atoms with Crippen LogP contribution in [0.2, 0.25) is 0 Å². The molecule has 0 bridgehead atoms. The zero-order valence-corrected chi connectivity index (χ0v) is 18.7. The number of likely N-dealkylation sites (N-methyl/N-ethyl adjacent to an activating group) is 1. The van der Waals surface area contributed by atoms with E-state index in [4.69, 9.17) is 4.98 Å². The number of benzene rings is 2. The molecule has 2 aromatic carbocycles. The topological polar surface area (TPSA) is 44.6 Å². The van der Waals surface area contributed by atoms with Crippen molar-refractivity contribution < 1.29 is 4.79 Å². The lowest BCUT2D eigenvalue weighted by Crippen LogP contribution is -2.38. The SMILES string of the molecule is CN(C)C1CCN(C(=O)C2CCN(c3cccc(-c4nc5ccccc5n4C)c3)C2)C1. The van der Waals surface area contributed by atoms with Crippen molar-refractivity contribution >= 4 is 22.6 Å². The van der Waals surface area contributed by atoms with Crippen molar-refractivity contribution in [3.05, 3.63) is 48.5 Å². The average molecular weight is 418 g/mol. The van der Waals surface area contributed by atoms with Crippen molar-refractivity contribution in [1.82, 2.24) is 19.4 Å². The van der Waals surface area contributed by atoms with Gasteiger partial charge in [-0.05, 0) is 51.2 Å². The molecule has 3 aromatic rings. The summed E-state index contributed by atoms with van der Waals surface area (Å²) in [6.45, 7) is 3.48. The fourth-order valence-electron chi connectivity index (χ4n) is 5.06. The second-order valence-electron chi connectivity index (χ2n) is 9.16.